The molecule has 5 nitrogen and oxygen atoms in total. The van der Waals surface area contributed by atoms with E-state index in [1.54, 1.807) is 19.1 Å². The van der Waals surface area contributed by atoms with Gasteiger partial charge >= 0.3 is 5.97 Å². The van der Waals surface area contributed by atoms with Crippen molar-refractivity contribution in [3.8, 4) is 0 Å². The van der Waals surface area contributed by atoms with E-state index in [4.69, 9.17) is 5.11 Å². The summed E-state index contributed by atoms with van der Waals surface area (Å²) in [4.78, 5) is 26.9. The van der Waals surface area contributed by atoms with Gasteiger partial charge in [0.2, 0.25) is 0 Å². The molecule has 0 bridgehead atoms. The molecule has 1 aromatic rings. The topological polar surface area (TPSA) is 79.3 Å². The average Bonchev–Trinajstić information content (AvgIpc) is 2.34. The van der Waals surface area contributed by atoms with Gasteiger partial charge in [0.1, 0.15) is 11.7 Å². The van der Waals surface area contributed by atoms with Crippen LogP contribution in [0.5, 0.6) is 0 Å². The molecule has 98 valence electrons. The fourth-order valence-corrected chi connectivity index (χ4v) is 1.62. The lowest BCUT2D eigenvalue weighted by molar-refractivity contribution is -0.139. The molecule has 0 radical (unpaired) electrons. The second-order valence-electron chi connectivity index (χ2n) is 4.18. The molecule has 5 heteroatoms. The van der Waals surface area contributed by atoms with Crippen molar-refractivity contribution in [2.75, 3.05) is 0 Å². The zero-order valence-electron chi connectivity index (χ0n) is 10.6. The number of nitrogens with one attached hydrogen (secondary N) is 1. The number of hydrogen-bond donors (Lipinski definition) is 2. The number of pyridine rings is 1. The summed E-state index contributed by atoms with van der Waals surface area (Å²) in [5.41, 5.74) is 1.01. The van der Waals surface area contributed by atoms with E-state index < -0.39 is 17.9 Å². The van der Waals surface area contributed by atoms with Crippen LogP contribution in [-0.2, 0) is 4.79 Å². The van der Waals surface area contributed by atoms with Gasteiger partial charge in [0.25, 0.3) is 5.91 Å². The number of carbonyl (C=O) groups excluding carboxylic acids is 1. The quantitative estimate of drug-likeness (QED) is 0.806. The molecule has 1 amide bonds. The number of carboxylic acid groups (broad SMARTS) is 1. The molecule has 0 aliphatic heterocycles. The Morgan fingerprint density at radius 3 is 2.78 bits per heavy atom. The van der Waals surface area contributed by atoms with E-state index >= 15 is 0 Å². The molecule has 0 saturated heterocycles. The summed E-state index contributed by atoms with van der Waals surface area (Å²) in [6.07, 6.45) is 3.61. The smallest absolute Gasteiger partial charge is 0.326 e. The Morgan fingerprint density at radius 1 is 1.50 bits per heavy atom. The molecule has 0 unspecified atom stereocenters. The van der Waals surface area contributed by atoms with Crippen LogP contribution >= 0.6 is 0 Å². The Labute approximate surface area is 106 Å². The first-order valence-corrected chi connectivity index (χ1v) is 6.01. The SMILES string of the molecule is CCCC[C@H](NC(=O)c1ncccc1C)C(=O)O. The fourth-order valence-electron chi connectivity index (χ4n) is 1.62. The van der Waals surface area contributed by atoms with Crippen LogP contribution in [0.15, 0.2) is 18.3 Å². The Morgan fingerprint density at radius 2 is 2.22 bits per heavy atom. The average molecular weight is 250 g/mol. The van der Waals surface area contributed by atoms with Crippen molar-refractivity contribution in [2.24, 2.45) is 0 Å². The van der Waals surface area contributed by atoms with Gasteiger partial charge in [-0.3, -0.25) is 9.78 Å². The third-order valence-electron chi connectivity index (χ3n) is 2.67. The van der Waals surface area contributed by atoms with Gasteiger partial charge in [-0.05, 0) is 25.0 Å². The number of aryl methyl sites for hydroxylation is 1. The van der Waals surface area contributed by atoms with Crippen LogP contribution in [0.1, 0.15) is 42.2 Å². The number of aliphatic carboxylic acids is 1. The van der Waals surface area contributed by atoms with Crippen molar-refractivity contribution < 1.29 is 14.7 Å². The fraction of sp³-hybridized carbons (Fsp3) is 0.462. The highest BCUT2D eigenvalue weighted by atomic mass is 16.4. The van der Waals surface area contributed by atoms with E-state index in [9.17, 15) is 9.59 Å². The molecule has 0 spiro atoms. The number of amides is 1. The summed E-state index contributed by atoms with van der Waals surface area (Å²) in [6.45, 7) is 3.74. The molecular weight excluding hydrogens is 232 g/mol. The van der Waals surface area contributed by atoms with Crippen LogP contribution in [-0.4, -0.2) is 28.0 Å². The van der Waals surface area contributed by atoms with E-state index in [2.05, 4.69) is 10.3 Å². The van der Waals surface area contributed by atoms with Crippen LogP contribution in [0.2, 0.25) is 0 Å². The summed E-state index contributed by atoms with van der Waals surface area (Å²) < 4.78 is 0. The summed E-state index contributed by atoms with van der Waals surface area (Å²) in [5, 5.41) is 11.5. The number of carboxylic acids is 1. The number of hydrogen-bond acceptors (Lipinski definition) is 3. The third-order valence-corrected chi connectivity index (χ3v) is 2.67. The number of aromatic nitrogens is 1. The van der Waals surface area contributed by atoms with Crippen LogP contribution in [0.4, 0.5) is 0 Å². The molecule has 1 heterocycles. The van der Waals surface area contributed by atoms with Gasteiger partial charge in [0, 0.05) is 6.20 Å². The maximum absolute atomic E-state index is 11.9. The van der Waals surface area contributed by atoms with Crippen molar-refractivity contribution >= 4 is 11.9 Å². The van der Waals surface area contributed by atoms with Crippen LogP contribution < -0.4 is 5.32 Å². The highest BCUT2D eigenvalue weighted by Crippen LogP contribution is 2.06. The van der Waals surface area contributed by atoms with Gasteiger partial charge in [-0.2, -0.15) is 0 Å². The summed E-state index contributed by atoms with van der Waals surface area (Å²) in [5.74, 6) is -1.44. The third kappa shape index (κ3) is 3.84. The van der Waals surface area contributed by atoms with E-state index in [1.165, 1.54) is 6.20 Å². The zero-order chi connectivity index (χ0) is 13.5. The maximum Gasteiger partial charge on any atom is 0.326 e. The zero-order valence-corrected chi connectivity index (χ0v) is 10.6. The Bertz CT molecular complexity index is 432. The van der Waals surface area contributed by atoms with Crippen LogP contribution in [0, 0.1) is 6.92 Å². The monoisotopic (exact) mass is 250 g/mol. The summed E-state index contributed by atoms with van der Waals surface area (Å²) in [7, 11) is 0. The van der Waals surface area contributed by atoms with Gasteiger partial charge in [0.15, 0.2) is 0 Å². The van der Waals surface area contributed by atoms with Gasteiger partial charge in [-0.1, -0.05) is 25.8 Å². The normalized spacial score (nSPS) is 11.9. The van der Waals surface area contributed by atoms with Crippen LogP contribution in [0.25, 0.3) is 0 Å². The minimum atomic E-state index is -1.01. The molecule has 0 fully saturated rings. The summed E-state index contributed by atoms with van der Waals surface area (Å²) >= 11 is 0. The largest absolute Gasteiger partial charge is 0.480 e. The number of nitrogens with zero attached hydrogens (tertiary/aromatic N) is 1. The first kappa shape index (κ1) is 14.2. The predicted octanol–water partition coefficient (Wildman–Crippen LogP) is 1.76. The molecular formula is C13H18N2O3. The minimum Gasteiger partial charge on any atom is -0.480 e. The van der Waals surface area contributed by atoms with Crippen LogP contribution in [0.3, 0.4) is 0 Å². The molecule has 0 saturated carbocycles. The van der Waals surface area contributed by atoms with Gasteiger partial charge in [-0.15, -0.1) is 0 Å². The van der Waals surface area contributed by atoms with E-state index in [-0.39, 0.29) is 5.69 Å². The van der Waals surface area contributed by atoms with E-state index in [1.807, 2.05) is 6.92 Å². The molecule has 1 rings (SSSR count). The number of rotatable bonds is 6. The Hall–Kier alpha value is -1.91. The number of unbranched alkanes of at least 4 members (excludes halogenated alkanes) is 1. The predicted molar refractivity (Wildman–Crippen MR) is 67.4 cm³/mol. The molecule has 0 aromatic carbocycles. The van der Waals surface area contributed by atoms with Crippen molar-refractivity contribution in [1.82, 2.24) is 10.3 Å². The van der Waals surface area contributed by atoms with Crippen molar-refractivity contribution in [2.45, 2.75) is 39.2 Å². The van der Waals surface area contributed by atoms with E-state index in [0.717, 1.165) is 18.4 Å². The molecule has 1 atom stereocenters. The standard InChI is InChI=1S/C13H18N2O3/c1-3-4-7-10(13(17)18)15-12(16)11-9(2)6-5-8-14-11/h5-6,8,10H,3-4,7H2,1-2H3,(H,15,16)(H,17,18)/t10-/m0/s1. The first-order chi connectivity index (χ1) is 8.56. The first-order valence-electron chi connectivity index (χ1n) is 6.01. The lowest BCUT2D eigenvalue weighted by Gasteiger charge is -2.14. The van der Waals surface area contributed by atoms with Gasteiger partial charge < -0.3 is 10.4 Å². The second-order valence-corrected chi connectivity index (χ2v) is 4.18. The molecule has 0 aliphatic rings. The van der Waals surface area contributed by atoms with Crippen molar-refractivity contribution in [3.05, 3.63) is 29.6 Å². The highest BCUT2D eigenvalue weighted by Gasteiger charge is 2.21. The van der Waals surface area contributed by atoms with Gasteiger partial charge in [-0.25, -0.2) is 4.79 Å². The highest BCUT2D eigenvalue weighted by molar-refractivity contribution is 5.96. The Kier molecular flexibility index (Phi) is 5.30. The van der Waals surface area contributed by atoms with Crippen molar-refractivity contribution in [3.63, 3.8) is 0 Å². The van der Waals surface area contributed by atoms with E-state index in [0.29, 0.717) is 6.42 Å². The molecule has 2 N–H and O–H groups in total. The number of carbonyl (C=O) groups is 2. The van der Waals surface area contributed by atoms with Gasteiger partial charge in [0.05, 0.1) is 0 Å². The minimum absolute atomic E-state index is 0.278. The summed E-state index contributed by atoms with van der Waals surface area (Å²) in [6, 6.07) is 2.65. The Balaban J connectivity index is 2.72. The molecule has 18 heavy (non-hydrogen) atoms. The molecule has 1 aromatic heterocycles. The second kappa shape index (κ2) is 6.74. The molecule has 0 aliphatic carbocycles. The maximum atomic E-state index is 11.9. The van der Waals surface area contributed by atoms with Crippen molar-refractivity contribution in [1.29, 1.82) is 0 Å². The lowest BCUT2D eigenvalue weighted by Crippen LogP contribution is -2.41. The lowest BCUT2D eigenvalue weighted by atomic mass is 10.1.